The van der Waals surface area contributed by atoms with Gasteiger partial charge in [0.05, 0.1) is 22.3 Å². The average molecular weight is 483 g/mol. The van der Waals surface area contributed by atoms with Crippen molar-refractivity contribution in [2.75, 3.05) is 17.3 Å². The molecule has 0 aliphatic carbocycles. The zero-order chi connectivity index (χ0) is 22.3. The van der Waals surface area contributed by atoms with Crippen molar-refractivity contribution in [2.45, 2.75) is 0 Å². The van der Waals surface area contributed by atoms with Gasteiger partial charge in [0.1, 0.15) is 0 Å². The summed E-state index contributed by atoms with van der Waals surface area (Å²) in [4.78, 5) is 39.3. The first-order valence-electron chi connectivity index (χ1n) is 9.37. The van der Waals surface area contributed by atoms with Crippen LogP contribution in [0.5, 0.6) is 0 Å². The highest BCUT2D eigenvalue weighted by Gasteiger charge is 2.22. The maximum absolute atomic E-state index is 13.0. The first-order chi connectivity index (χ1) is 14.8. The molecule has 0 saturated carbocycles. The number of imidazole rings is 1. The highest BCUT2D eigenvalue weighted by atomic mass is 79.9. The number of carbonyl (C=O) groups is 2. The number of hydrogen-bond acceptors (Lipinski definition) is 4. The fourth-order valence-electron chi connectivity index (χ4n) is 3.45. The molecule has 158 valence electrons. The van der Waals surface area contributed by atoms with Gasteiger partial charge in [-0.2, -0.15) is 0 Å². The maximum atomic E-state index is 13.0. The molecule has 2 heterocycles. The second-order valence-electron chi connectivity index (χ2n) is 7.04. The lowest BCUT2D eigenvalue weighted by atomic mass is 10.1. The van der Waals surface area contributed by atoms with Crippen LogP contribution in [-0.2, 0) is 14.1 Å². The normalized spacial score (nSPS) is 11.0. The van der Waals surface area contributed by atoms with Crippen molar-refractivity contribution in [3.05, 3.63) is 81.1 Å². The number of nitrogens with zero attached hydrogens (tertiary/aromatic N) is 3. The molecule has 0 saturated heterocycles. The predicted molar refractivity (Wildman–Crippen MR) is 122 cm³/mol. The summed E-state index contributed by atoms with van der Waals surface area (Å²) in [7, 11) is 4.96. The fourth-order valence-corrected chi connectivity index (χ4v) is 3.75. The topological polar surface area (TPSA) is 89.5 Å². The Morgan fingerprint density at radius 1 is 1.00 bits per heavy atom. The van der Waals surface area contributed by atoms with E-state index in [1.165, 1.54) is 9.47 Å². The molecule has 0 spiro atoms. The number of hydrogen-bond donors (Lipinski definition) is 1. The highest BCUT2D eigenvalue weighted by Crippen LogP contribution is 2.25. The minimum atomic E-state index is -0.383. The number of para-hydroxylation sites is 1. The van der Waals surface area contributed by atoms with Crippen LogP contribution in [0.25, 0.3) is 11.0 Å². The Labute approximate surface area is 185 Å². The number of benzene rings is 2. The van der Waals surface area contributed by atoms with E-state index < -0.39 is 0 Å². The number of rotatable bonds is 4. The molecule has 0 atom stereocenters. The zero-order valence-electron chi connectivity index (χ0n) is 17.0. The van der Waals surface area contributed by atoms with Crippen LogP contribution >= 0.6 is 15.9 Å². The van der Waals surface area contributed by atoms with E-state index in [1.54, 1.807) is 80.3 Å². The lowest BCUT2D eigenvalue weighted by Crippen LogP contribution is -2.28. The van der Waals surface area contributed by atoms with Crippen LogP contribution in [0, 0.1) is 0 Å². The Kier molecular flexibility index (Phi) is 5.28. The van der Waals surface area contributed by atoms with E-state index in [4.69, 9.17) is 4.42 Å². The maximum Gasteiger partial charge on any atom is 0.328 e. The highest BCUT2D eigenvalue weighted by molar-refractivity contribution is 9.10. The number of halogens is 1. The Morgan fingerprint density at radius 3 is 2.42 bits per heavy atom. The fraction of sp³-hybridized carbons (Fsp3) is 0.136. The van der Waals surface area contributed by atoms with Crippen LogP contribution in [0.4, 0.5) is 11.4 Å². The van der Waals surface area contributed by atoms with E-state index in [-0.39, 0.29) is 23.3 Å². The van der Waals surface area contributed by atoms with Gasteiger partial charge in [-0.25, -0.2) is 4.79 Å². The standard InChI is InChI=1S/C22H19BrN4O4/c1-25(21(29)18-10-11-19(23)31-18)15-7-5-4-6-14(15)20(28)24-13-8-9-16-17(12-13)27(3)22(30)26(16)2/h4-12H,1-3H3,(H,24,28). The number of anilines is 2. The second-order valence-corrected chi connectivity index (χ2v) is 7.82. The number of carbonyl (C=O) groups excluding carboxylic acids is 2. The Bertz CT molecular complexity index is 1380. The van der Waals surface area contributed by atoms with Gasteiger partial charge in [-0.15, -0.1) is 0 Å². The zero-order valence-corrected chi connectivity index (χ0v) is 18.6. The quantitative estimate of drug-likeness (QED) is 0.479. The summed E-state index contributed by atoms with van der Waals surface area (Å²) in [5, 5.41) is 2.85. The monoisotopic (exact) mass is 482 g/mol. The number of fused-ring (bicyclic) bond motifs is 1. The summed E-state index contributed by atoms with van der Waals surface area (Å²) in [6.07, 6.45) is 0. The molecule has 31 heavy (non-hydrogen) atoms. The summed E-state index contributed by atoms with van der Waals surface area (Å²) in [6, 6.07) is 15.3. The average Bonchev–Trinajstić information content (AvgIpc) is 3.30. The van der Waals surface area contributed by atoms with Crippen molar-refractivity contribution < 1.29 is 14.0 Å². The molecule has 0 radical (unpaired) electrons. The first-order valence-corrected chi connectivity index (χ1v) is 10.2. The van der Waals surface area contributed by atoms with Crippen LogP contribution in [0.15, 0.2) is 68.5 Å². The van der Waals surface area contributed by atoms with Gasteiger partial charge in [0.25, 0.3) is 11.8 Å². The molecule has 4 aromatic rings. The molecule has 8 nitrogen and oxygen atoms in total. The van der Waals surface area contributed by atoms with E-state index in [2.05, 4.69) is 21.2 Å². The van der Waals surface area contributed by atoms with E-state index in [0.717, 1.165) is 5.52 Å². The van der Waals surface area contributed by atoms with E-state index >= 15 is 0 Å². The minimum Gasteiger partial charge on any atom is -0.444 e. The molecule has 2 amide bonds. The smallest absolute Gasteiger partial charge is 0.328 e. The number of aromatic nitrogens is 2. The van der Waals surface area contributed by atoms with Gasteiger partial charge in [-0.05, 0) is 58.4 Å². The van der Waals surface area contributed by atoms with Crippen LogP contribution in [-0.4, -0.2) is 28.0 Å². The Hall–Kier alpha value is -3.59. The second kappa shape index (κ2) is 7.92. The first kappa shape index (κ1) is 20.7. The van der Waals surface area contributed by atoms with Crippen molar-refractivity contribution in [1.82, 2.24) is 9.13 Å². The van der Waals surface area contributed by atoms with Crippen molar-refractivity contribution in [2.24, 2.45) is 14.1 Å². The van der Waals surface area contributed by atoms with Crippen LogP contribution in [0.2, 0.25) is 0 Å². The minimum absolute atomic E-state index is 0.145. The molecule has 0 fully saturated rings. The molecule has 0 unspecified atom stereocenters. The lowest BCUT2D eigenvalue weighted by Gasteiger charge is -2.19. The van der Waals surface area contributed by atoms with Crippen molar-refractivity contribution in [3.8, 4) is 0 Å². The summed E-state index contributed by atoms with van der Waals surface area (Å²) < 4.78 is 8.85. The molecule has 1 N–H and O–H groups in total. The summed E-state index contributed by atoms with van der Waals surface area (Å²) in [6.45, 7) is 0. The van der Waals surface area contributed by atoms with Crippen molar-refractivity contribution in [3.63, 3.8) is 0 Å². The molecule has 0 bridgehead atoms. The van der Waals surface area contributed by atoms with Gasteiger partial charge in [0, 0.05) is 26.8 Å². The predicted octanol–water partition coefficient (Wildman–Crippen LogP) is 3.76. The molecule has 2 aromatic heterocycles. The largest absolute Gasteiger partial charge is 0.444 e. The van der Waals surface area contributed by atoms with Crippen LogP contribution in [0.1, 0.15) is 20.9 Å². The molecule has 2 aromatic carbocycles. The van der Waals surface area contributed by atoms with E-state index in [1.807, 2.05) is 0 Å². The van der Waals surface area contributed by atoms with Gasteiger partial charge >= 0.3 is 5.69 Å². The van der Waals surface area contributed by atoms with Crippen molar-refractivity contribution >= 4 is 50.2 Å². The van der Waals surface area contributed by atoms with Gasteiger partial charge in [-0.1, -0.05) is 12.1 Å². The molecule has 4 rings (SSSR count). The molecular formula is C22H19BrN4O4. The van der Waals surface area contributed by atoms with Gasteiger partial charge in [0.15, 0.2) is 10.4 Å². The van der Waals surface area contributed by atoms with Gasteiger partial charge in [-0.3, -0.25) is 18.7 Å². The third kappa shape index (κ3) is 3.68. The number of nitrogens with one attached hydrogen (secondary N) is 1. The van der Waals surface area contributed by atoms with E-state index in [0.29, 0.717) is 27.1 Å². The number of furan rings is 1. The lowest BCUT2D eigenvalue weighted by molar-refractivity contribution is 0.0965. The number of amides is 2. The van der Waals surface area contributed by atoms with Gasteiger partial charge in [0.2, 0.25) is 0 Å². The molecular weight excluding hydrogens is 464 g/mol. The molecule has 0 aliphatic rings. The molecule has 0 aliphatic heterocycles. The molecule has 9 heteroatoms. The Balaban J connectivity index is 1.64. The number of aryl methyl sites for hydroxylation is 2. The van der Waals surface area contributed by atoms with E-state index in [9.17, 15) is 14.4 Å². The summed E-state index contributed by atoms with van der Waals surface area (Å²) in [5.74, 6) is -0.608. The summed E-state index contributed by atoms with van der Waals surface area (Å²) >= 11 is 3.18. The third-order valence-corrected chi connectivity index (χ3v) is 5.55. The van der Waals surface area contributed by atoms with Crippen LogP contribution in [0.3, 0.4) is 0 Å². The SMILES string of the molecule is CN(C(=O)c1ccc(Br)o1)c1ccccc1C(=O)Nc1ccc2c(c1)n(C)c(=O)n2C. The van der Waals surface area contributed by atoms with Crippen LogP contribution < -0.4 is 15.9 Å². The third-order valence-electron chi connectivity index (χ3n) is 5.13. The Morgan fingerprint density at radius 2 is 1.71 bits per heavy atom. The van der Waals surface area contributed by atoms with Gasteiger partial charge < -0.3 is 14.6 Å². The van der Waals surface area contributed by atoms with Crippen molar-refractivity contribution in [1.29, 1.82) is 0 Å². The summed E-state index contributed by atoms with van der Waals surface area (Å²) in [5.41, 5.74) is 2.62.